The van der Waals surface area contributed by atoms with Crippen molar-refractivity contribution in [1.29, 1.82) is 0 Å². The van der Waals surface area contributed by atoms with Gasteiger partial charge in [0.1, 0.15) is 10.1 Å². The molecule has 0 fully saturated rings. The Labute approximate surface area is 124 Å². The summed E-state index contributed by atoms with van der Waals surface area (Å²) in [7, 11) is 0. The third-order valence-electron chi connectivity index (χ3n) is 3.40. The van der Waals surface area contributed by atoms with Gasteiger partial charge in [-0.15, -0.1) is 10.2 Å². The largest absolute Gasteiger partial charge is 0.307 e. The number of para-hydroxylation sites is 2. The quantitative estimate of drug-likeness (QED) is 0.521. The summed E-state index contributed by atoms with van der Waals surface area (Å²) in [4.78, 5) is 0. The maximum Gasteiger partial charge on any atom is 0.130 e. The molecule has 0 saturated carbocycles. The SMILES string of the molecule is Brc1cc2c(nn1)c1ccccc1n2-c1ccccc1. The second kappa shape index (κ2) is 4.42. The molecule has 0 aliphatic heterocycles. The van der Waals surface area contributed by atoms with Crippen LogP contribution in [0.4, 0.5) is 0 Å². The van der Waals surface area contributed by atoms with Crippen LogP contribution in [0.2, 0.25) is 0 Å². The number of hydrogen-bond acceptors (Lipinski definition) is 2. The van der Waals surface area contributed by atoms with Gasteiger partial charge in [-0.3, -0.25) is 0 Å². The summed E-state index contributed by atoms with van der Waals surface area (Å²) in [5.74, 6) is 0. The molecule has 0 atom stereocenters. The minimum absolute atomic E-state index is 0.741. The van der Waals surface area contributed by atoms with Gasteiger partial charge in [0.2, 0.25) is 0 Å². The van der Waals surface area contributed by atoms with Crippen LogP contribution in [0.15, 0.2) is 65.3 Å². The van der Waals surface area contributed by atoms with E-state index in [1.165, 1.54) is 0 Å². The summed E-state index contributed by atoms with van der Waals surface area (Å²) < 4.78 is 2.95. The van der Waals surface area contributed by atoms with E-state index in [2.05, 4.69) is 55.0 Å². The van der Waals surface area contributed by atoms with Crippen molar-refractivity contribution >= 4 is 37.9 Å². The number of hydrogen-bond donors (Lipinski definition) is 0. The number of benzene rings is 2. The molecule has 0 aliphatic rings. The molecule has 0 bridgehead atoms. The lowest BCUT2D eigenvalue weighted by Crippen LogP contribution is -1.93. The van der Waals surface area contributed by atoms with E-state index in [-0.39, 0.29) is 0 Å². The van der Waals surface area contributed by atoms with Gasteiger partial charge in [0.25, 0.3) is 0 Å². The van der Waals surface area contributed by atoms with Crippen molar-refractivity contribution in [2.45, 2.75) is 0 Å². The van der Waals surface area contributed by atoms with Crippen molar-refractivity contribution in [3.8, 4) is 5.69 Å². The van der Waals surface area contributed by atoms with Gasteiger partial charge in [-0.2, -0.15) is 0 Å². The smallest absolute Gasteiger partial charge is 0.130 e. The summed E-state index contributed by atoms with van der Waals surface area (Å²) in [6, 6.07) is 20.6. The molecule has 3 nitrogen and oxygen atoms in total. The molecule has 2 heterocycles. The van der Waals surface area contributed by atoms with E-state index >= 15 is 0 Å². The van der Waals surface area contributed by atoms with Gasteiger partial charge in [0.05, 0.1) is 11.0 Å². The van der Waals surface area contributed by atoms with E-state index in [1.807, 2.05) is 36.4 Å². The van der Waals surface area contributed by atoms with E-state index in [1.54, 1.807) is 0 Å². The summed E-state index contributed by atoms with van der Waals surface area (Å²) in [5.41, 5.74) is 4.24. The third-order valence-corrected chi connectivity index (χ3v) is 3.79. The zero-order valence-corrected chi connectivity index (χ0v) is 12.1. The molecule has 0 N–H and O–H groups in total. The van der Waals surface area contributed by atoms with E-state index in [0.717, 1.165) is 32.2 Å². The monoisotopic (exact) mass is 323 g/mol. The Morgan fingerprint density at radius 1 is 0.800 bits per heavy atom. The van der Waals surface area contributed by atoms with Gasteiger partial charge in [0.15, 0.2) is 0 Å². The molecule has 4 aromatic rings. The maximum atomic E-state index is 4.34. The molecule has 0 spiro atoms. The lowest BCUT2D eigenvalue weighted by molar-refractivity contribution is 1.04. The number of aromatic nitrogens is 3. The molecule has 0 aliphatic carbocycles. The van der Waals surface area contributed by atoms with E-state index in [9.17, 15) is 0 Å². The number of rotatable bonds is 1. The van der Waals surface area contributed by atoms with Gasteiger partial charge < -0.3 is 4.57 Å². The average molecular weight is 324 g/mol. The van der Waals surface area contributed by atoms with E-state index in [0.29, 0.717) is 0 Å². The van der Waals surface area contributed by atoms with Gasteiger partial charge in [0, 0.05) is 11.1 Å². The van der Waals surface area contributed by atoms with Crippen LogP contribution in [-0.2, 0) is 0 Å². The Morgan fingerprint density at radius 3 is 2.40 bits per heavy atom. The van der Waals surface area contributed by atoms with Gasteiger partial charge in [-0.1, -0.05) is 36.4 Å². The number of nitrogens with zero attached hydrogens (tertiary/aromatic N) is 3. The van der Waals surface area contributed by atoms with Gasteiger partial charge >= 0.3 is 0 Å². The molecule has 0 radical (unpaired) electrons. The zero-order valence-electron chi connectivity index (χ0n) is 10.5. The summed E-state index contributed by atoms with van der Waals surface area (Å²) in [6.07, 6.45) is 0. The first-order chi connectivity index (χ1) is 9.84. The van der Waals surface area contributed by atoms with Crippen LogP contribution in [0.3, 0.4) is 0 Å². The molecule has 4 heteroatoms. The normalized spacial score (nSPS) is 11.2. The molecule has 2 aromatic heterocycles. The van der Waals surface area contributed by atoms with Crippen LogP contribution in [0, 0.1) is 0 Å². The van der Waals surface area contributed by atoms with Crippen molar-refractivity contribution in [2.24, 2.45) is 0 Å². The van der Waals surface area contributed by atoms with Crippen LogP contribution in [0.1, 0.15) is 0 Å². The first kappa shape index (κ1) is 11.6. The summed E-state index contributed by atoms with van der Waals surface area (Å²) >= 11 is 3.41. The van der Waals surface area contributed by atoms with E-state index < -0.39 is 0 Å². The van der Waals surface area contributed by atoms with Crippen molar-refractivity contribution in [2.75, 3.05) is 0 Å². The van der Waals surface area contributed by atoms with Crippen molar-refractivity contribution in [1.82, 2.24) is 14.8 Å². The first-order valence-electron chi connectivity index (χ1n) is 6.32. The second-order valence-corrected chi connectivity index (χ2v) is 5.40. The Hall–Kier alpha value is -2.20. The Morgan fingerprint density at radius 2 is 1.55 bits per heavy atom. The molecule has 2 aromatic carbocycles. The van der Waals surface area contributed by atoms with Gasteiger partial charge in [-0.25, -0.2) is 0 Å². The van der Waals surface area contributed by atoms with Crippen LogP contribution in [0.25, 0.3) is 27.6 Å². The maximum absolute atomic E-state index is 4.34. The Kier molecular flexibility index (Phi) is 2.57. The molecular weight excluding hydrogens is 314 g/mol. The highest BCUT2D eigenvalue weighted by molar-refractivity contribution is 9.10. The molecule has 96 valence electrons. The van der Waals surface area contributed by atoms with Crippen LogP contribution >= 0.6 is 15.9 Å². The van der Waals surface area contributed by atoms with Gasteiger partial charge in [-0.05, 0) is 40.2 Å². The predicted molar refractivity (Wildman–Crippen MR) is 84.1 cm³/mol. The summed E-state index contributed by atoms with van der Waals surface area (Å²) in [5, 5.41) is 9.57. The highest BCUT2D eigenvalue weighted by Gasteiger charge is 2.13. The molecular formula is C16H10BrN3. The zero-order chi connectivity index (χ0) is 13.5. The number of fused-ring (bicyclic) bond motifs is 3. The Bertz CT molecular complexity index is 913. The van der Waals surface area contributed by atoms with Crippen molar-refractivity contribution in [3.05, 3.63) is 65.3 Å². The van der Waals surface area contributed by atoms with Crippen LogP contribution in [0.5, 0.6) is 0 Å². The highest BCUT2D eigenvalue weighted by atomic mass is 79.9. The lowest BCUT2D eigenvalue weighted by atomic mass is 10.2. The lowest BCUT2D eigenvalue weighted by Gasteiger charge is -2.06. The highest BCUT2D eigenvalue weighted by Crippen LogP contribution is 2.30. The first-order valence-corrected chi connectivity index (χ1v) is 7.12. The van der Waals surface area contributed by atoms with Crippen LogP contribution in [-0.4, -0.2) is 14.8 Å². The fraction of sp³-hybridized carbons (Fsp3) is 0. The average Bonchev–Trinajstić information content (AvgIpc) is 2.81. The Balaban J connectivity index is 2.23. The molecule has 0 amide bonds. The molecule has 4 rings (SSSR count). The fourth-order valence-electron chi connectivity index (χ4n) is 2.58. The second-order valence-electron chi connectivity index (χ2n) is 4.59. The third kappa shape index (κ3) is 1.65. The molecule has 20 heavy (non-hydrogen) atoms. The topological polar surface area (TPSA) is 30.7 Å². The molecule has 0 unspecified atom stereocenters. The standard InChI is InChI=1S/C16H10BrN3/c17-15-10-14-16(19-18-15)12-8-4-5-9-13(12)20(14)11-6-2-1-3-7-11/h1-10H. The van der Waals surface area contributed by atoms with E-state index in [4.69, 9.17) is 0 Å². The molecule has 0 saturated heterocycles. The number of halogens is 1. The fourth-order valence-corrected chi connectivity index (χ4v) is 2.87. The predicted octanol–water partition coefficient (Wildman–Crippen LogP) is 4.34. The van der Waals surface area contributed by atoms with Crippen molar-refractivity contribution < 1.29 is 0 Å². The minimum Gasteiger partial charge on any atom is -0.307 e. The van der Waals surface area contributed by atoms with Crippen molar-refractivity contribution in [3.63, 3.8) is 0 Å². The van der Waals surface area contributed by atoms with Crippen LogP contribution < -0.4 is 0 Å². The summed E-state index contributed by atoms with van der Waals surface area (Å²) in [6.45, 7) is 0. The minimum atomic E-state index is 0.741.